The van der Waals surface area contributed by atoms with E-state index in [9.17, 15) is 14.7 Å². The van der Waals surface area contributed by atoms with E-state index in [-0.39, 0.29) is 24.1 Å². The van der Waals surface area contributed by atoms with Gasteiger partial charge in [-0.1, -0.05) is 17.4 Å². The molecule has 1 aromatic carbocycles. The summed E-state index contributed by atoms with van der Waals surface area (Å²) in [6.07, 6.45) is 5.68. The summed E-state index contributed by atoms with van der Waals surface area (Å²) in [4.78, 5) is 31.9. The van der Waals surface area contributed by atoms with E-state index in [0.717, 1.165) is 25.2 Å². The molecule has 11 heteroatoms. The first kappa shape index (κ1) is 23.7. The average molecular weight is 484 g/mol. The molecule has 0 unspecified atom stereocenters. The number of amides is 2. The number of aryl methyl sites for hydroxylation is 1. The molecule has 0 bridgehead atoms. The molecule has 180 valence electrons. The number of hydrogen-bond donors (Lipinski definition) is 4. The minimum Gasteiger partial charge on any atom is -0.508 e. The maximum atomic E-state index is 12.7. The number of anilines is 3. The first-order valence-corrected chi connectivity index (χ1v) is 12.1. The number of nitrogens with one attached hydrogen (secondary N) is 3. The second-order valence-electron chi connectivity index (χ2n) is 8.31. The fourth-order valence-electron chi connectivity index (χ4n) is 3.83. The highest BCUT2D eigenvalue weighted by atomic mass is 32.1. The maximum absolute atomic E-state index is 12.7. The lowest BCUT2D eigenvalue weighted by atomic mass is 10.1. The Morgan fingerprint density at radius 2 is 1.97 bits per heavy atom. The first-order valence-electron chi connectivity index (χ1n) is 11.2. The number of aromatic hydroxyl groups is 1. The molecule has 3 heterocycles. The summed E-state index contributed by atoms with van der Waals surface area (Å²) >= 11 is 1.19. The Morgan fingerprint density at radius 3 is 2.76 bits per heavy atom. The number of aromatic nitrogens is 3. The number of benzene rings is 1. The van der Waals surface area contributed by atoms with Crippen molar-refractivity contribution in [2.75, 3.05) is 36.8 Å². The van der Waals surface area contributed by atoms with Gasteiger partial charge in [0.2, 0.25) is 5.91 Å². The third kappa shape index (κ3) is 5.91. The van der Waals surface area contributed by atoms with E-state index < -0.39 is 0 Å². The van der Waals surface area contributed by atoms with Gasteiger partial charge in [-0.15, -0.1) is 0 Å². The Hall–Kier alpha value is -3.44. The van der Waals surface area contributed by atoms with Gasteiger partial charge in [-0.05, 0) is 51.4 Å². The Bertz CT molecular complexity index is 1170. The van der Waals surface area contributed by atoms with Crippen LogP contribution in [0.2, 0.25) is 0 Å². The molecule has 1 aliphatic rings. The summed E-state index contributed by atoms with van der Waals surface area (Å²) in [5, 5.41) is 23.6. The van der Waals surface area contributed by atoms with Gasteiger partial charge in [0.15, 0.2) is 10.9 Å². The van der Waals surface area contributed by atoms with Crippen LogP contribution in [0.3, 0.4) is 0 Å². The van der Waals surface area contributed by atoms with Crippen molar-refractivity contribution in [3.8, 4) is 5.75 Å². The fourth-order valence-corrected chi connectivity index (χ4v) is 4.55. The highest BCUT2D eigenvalue weighted by Gasteiger charge is 2.16. The SMILES string of the molecule is Cc1ccc(O)c(C)c1NC(=O)c1cnc(Nc2ccn(CC(=O)NCCN3CCCC3)n2)s1. The van der Waals surface area contributed by atoms with Crippen molar-refractivity contribution in [2.24, 2.45) is 0 Å². The van der Waals surface area contributed by atoms with E-state index in [4.69, 9.17) is 0 Å². The summed E-state index contributed by atoms with van der Waals surface area (Å²) in [5.41, 5.74) is 2.06. The van der Waals surface area contributed by atoms with Crippen LogP contribution in [-0.4, -0.2) is 62.8 Å². The maximum Gasteiger partial charge on any atom is 0.267 e. The zero-order valence-corrected chi connectivity index (χ0v) is 20.1. The second kappa shape index (κ2) is 10.7. The van der Waals surface area contributed by atoms with Crippen molar-refractivity contribution in [3.05, 3.63) is 46.6 Å². The number of rotatable bonds is 9. The third-order valence-electron chi connectivity index (χ3n) is 5.74. The summed E-state index contributed by atoms with van der Waals surface area (Å²) in [7, 11) is 0. The number of carbonyl (C=O) groups excluding carboxylic acids is 2. The molecular weight excluding hydrogens is 454 g/mol. The first-order chi connectivity index (χ1) is 16.4. The number of hydrogen-bond acceptors (Lipinski definition) is 8. The lowest BCUT2D eigenvalue weighted by Gasteiger charge is -2.14. The van der Waals surface area contributed by atoms with Crippen molar-refractivity contribution in [1.29, 1.82) is 0 Å². The predicted octanol–water partition coefficient (Wildman–Crippen LogP) is 2.87. The van der Waals surface area contributed by atoms with Crippen LogP contribution in [0.1, 0.15) is 33.6 Å². The Balaban J connectivity index is 1.28. The Kier molecular flexibility index (Phi) is 7.43. The fraction of sp³-hybridized carbons (Fsp3) is 0.391. The number of phenols is 1. The second-order valence-corrected chi connectivity index (χ2v) is 9.34. The number of phenolic OH excluding ortho intramolecular Hbond substituents is 1. The molecule has 0 saturated carbocycles. The predicted molar refractivity (Wildman–Crippen MR) is 132 cm³/mol. The Labute approximate surface area is 202 Å². The normalized spacial score (nSPS) is 13.7. The zero-order chi connectivity index (χ0) is 24.1. The van der Waals surface area contributed by atoms with Crippen LogP contribution in [0.15, 0.2) is 30.6 Å². The van der Waals surface area contributed by atoms with Crippen molar-refractivity contribution >= 4 is 39.8 Å². The number of likely N-dealkylation sites (tertiary alicyclic amines) is 1. The lowest BCUT2D eigenvalue weighted by Crippen LogP contribution is -2.35. The molecular formula is C23H29N7O3S. The molecule has 4 N–H and O–H groups in total. The van der Waals surface area contributed by atoms with E-state index in [0.29, 0.717) is 33.6 Å². The standard InChI is InChI=1S/C23H29N7O3S/c1-15-5-6-17(31)16(2)21(15)27-22(33)18-13-25-23(34-18)26-19-7-11-30(28-19)14-20(32)24-8-12-29-9-3-4-10-29/h5-7,11,13,31H,3-4,8-10,12,14H2,1-2H3,(H,24,32)(H,27,33)(H,25,26,28). The molecule has 1 aliphatic heterocycles. The molecule has 2 amide bonds. The van der Waals surface area contributed by atoms with E-state index in [2.05, 4.69) is 30.9 Å². The smallest absolute Gasteiger partial charge is 0.267 e. The highest BCUT2D eigenvalue weighted by molar-refractivity contribution is 7.17. The molecule has 3 aromatic rings. The van der Waals surface area contributed by atoms with Gasteiger partial charge in [-0.2, -0.15) is 5.10 Å². The summed E-state index contributed by atoms with van der Waals surface area (Å²) in [5.74, 6) is 0.271. The molecule has 1 fully saturated rings. The molecule has 1 saturated heterocycles. The van der Waals surface area contributed by atoms with Crippen LogP contribution in [0.25, 0.3) is 0 Å². The van der Waals surface area contributed by atoms with Gasteiger partial charge in [0.25, 0.3) is 5.91 Å². The molecule has 2 aromatic heterocycles. The van der Waals surface area contributed by atoms with Crippen LogP contribution in [0.5, 0.6) is 5.75 Å². The molecule has 34 heavy (non-hydrogen) atoms. The van der Waals surface area contributed by atoms with Crippen LogP contribution in [0, 0.1) is 13.8 Å². The van der Waals surface area contributed by atoms with E-state index in [1.54, 1.807) is 36.0 Å². The minimum atomic E-state index is -0.307. The van der Waals surface area contributed by atoms with E-state index >= 15 is 0 Å². The van der Waals surface area contributed by atoms with Crippen LogP contribution in [-0.2, 0) is 11.3 Å². The molecule has 0 spiro atoms. The van der Waals surface area contributed by atoms with Gasteiger partial charge >= 0.3 is 0 Å². The van der Waals surface area contributed by atoms with Crippen molar-refractivity contribution in [1.82, 2.24) is 25.0 Å². The lowest BCUT2D eigenvalue weighted by molar-refractivity contribution is -0.121. The quantitative estimate of drug-likeness (QED) is 0.369. The van der Waals surface area contributed by atoms with Crippen LogP contribution >= 0.6 is 11.3 Å². The van der Waals surface area contributed by atoms with Crippen LogP contribution < -0.4 is 16.0 Å². The number of thiazole rings is 1. The van der Waals surface area contributed by atoms with Gasteiger partial charge in [-0.25, -0.2) is 4.98 Å². The third-order valence-corrected chi connectivity index (χ3v) is 6.65. The van der Waals surface area contributed by atoms with E-state index in [1.807, 2.05) is 6.92 Å². The zero-order valence-electron chi connectivity index (χ0n) is 19.3. The van der Waals surface area contributed by atoms with Gasteiger partial charge in [0.1, 0.15) is 17.2 Å². The topological polar surface area (TPSA) is 124 Å². The van der Waals surface area contributed by atoms with E-state index in [1.165, 1.54) is 30.4 Å². The van der Waals surface area contributed by atoms with Crippen molar-refractivity contribution < 1.29 is 14.7 Å². The van der Waals surface area contributed by atoms with Crippen LogP contribution in [0.4, 0.5) is 16.6 Å². The van der Waals surface area contributed by atoms with Crippen molar-refractivity contribution in [2.45, 2.75) is 33.2 Å². The number of carbonyl (C=O) groups is 2. The van der Waals surface area contributed by atoms with Gasteiger partial charge in [-0.3, -0.25) is 14.3 Å². The molecule has 0 atom stereocenters. The summed E-state index contributed by atoms with van der Waals surface area (Å²) in [6.45, 7) is 7.49. The van der Waals surface area contributed by atoms with Gasteiger partial charge in [0.05, 0.1) is 11.9 Å². The average Bonchev–Trinajstić information content (AvgIpc) is 3.57. The Morgan fingerprint density at radius 1 is 1.18 bits per heavy atom. The van der Waals surface area contributed by atoms with Gasteiger partial charge in [0, 0.05) is 30.9 Å². The summed E-state index contributed by atoms with van der Waals surface area (Å²) < 4.78 is 1.56. The molecule has 0 aliphatic carbocycles. The monoisotopic (exact) mass is 483 g/mol. The molecule has 0 radical (unpaired) electrons. The molecule has 10 nitrogen and oxygen atoms in total. The minimum absolute atomic E-state index is 0.0837. The number of nitrogens with zero attached hydrogens (tertiary/aromatic N) is 4. The summed E-state index contributed by atoms with van der Waals surface area (Å²) in [6, 6.07) is 5.10. The largest absolute Gasteiger partial charge is 0.508 e. The molecule has 4 rings (SSSR count). The highest BCUT2D eigenvalue weighted by Crippen LogP contribution is 2.29. The van der Waals surface area contributed by atoms with Gasteiger partial charge < -0.3 is 26.0 Å². The van der Waals surface area contributed by atoms with Crippen molar-refractivity contribution in [3.63, 3.8) is 0 Å².